The van der Waals surface area contributed by atoms with Crippen molar-refractivity contribution >= 4 is 52.0 Å². The molecule has 2 aliphatic heterocycles. The number of terminal acetylenes is 1. The van der Waals surface area contributed by atoms with E-state index in [0.717, 1.165) is 49.6 Å². The van der Waals surface area contributed by atoms with Gasteiger partial charge in [-0.3, -0.25) is 0 Å². The number of carbonyl (C=O) groups excluding carboxylic acids is 1. The Bertz CT molecular complexity index is 1330. The van der Waals surface area contributed by atoms with Gasteiger partial charge in [0.1, 0.15) is 19.5 Å². The molecule has 0 spiro atoms. The van der Waals surface area contributed by atoms with E-state index in [0.29, 0.717) is 64.7 Å². The third kappa shape index (κ3) is 74.3. The number of rotatable bonds is 26. The monoisotopic (exact) mass is 1080 g/mol. The molecule has 0 aliphatic carbocycles. The fraction of sp³-hybridized carbons (Fsp3) is 0.673. The molecule has 0 radical (unpaired) electrons. The van der Waals surface area contributed by atoms with E-state index in [1.807, 2.05) is 68.4 Å². The highest BCUT2D eigenvalue weighted by atomic mass is 79.9. The summed E-state index contributed by atoms with van der Waals surface area (Å²) in [5.74, 6) is 13.0. The third-order valence-corrected chi connectivity index (χ3v) is 8.08. The number of alkyl halides is 1. The number of carbonyl (C=O) groups is 1. The van der Waals surface area contributed by atoms with E-state index < -0.39 is 0 Å². The number of nitrogens with zero attached hydrogens (tertiary/aromatic N) is 2. The average molecular weight is 1080 g/mol. The van der Waals surface area contributed by atoms with Crippen LogP contribution in [-0.4, -0.2) is 136 Å². The minimum atomic E-state index is -0.239. The zero-order chi connectivity index (χ0) is 54.4. The fourth-order valence-electron chi connectivity index (χ4n) is 4.36. The van der Waals surface area contributed by atoms with Crippen LogP contribution in [0.15, 0.2) is 60.9 Å². The Morgan fingerprint density at radius 3 is 1.57 bits per heavy atom. The van der Waals surface area contributed by atoms with Crippen molar-refractivity contribution in [1.29, 1.82) is 0 Å². The first-order chi connectivity index (χ1) is 33.2. The van der Waals surface area contributed by atoms with Gasteiger partial charge < -0.3 is 57.8 Å². The zero-order valence-electron chi connectivity index (χ0n) is 44.5. The van der Waals surface area contributed by atoms with Crippen LogP contribution in [0.25, 0.3) is 0 Å². The molecule has 17 heteroatoms. The minimum absolute atomic E-state index is 0.0694. The lowest BCUT2D eigenvalue weighted by molar-refractivity contribution is -0.174. The Kier molecular flexibility index (Phi) is 83.6. The number of aldehydes is 1. The van der Waals surface area contributed by atoms with E-state index in [4.69, 9.17) is 59.5 Å². The second kappa shape index (κ2) is 71.8. The molecule has 2 unspecified atom stereocenters. The molecule has 0 aromatic rings. The van der Waals surface area contributed by atoms with Crippen molar-refractivity contribution in [2.45, 2.75) is 158 Å². The van der Waals surface area contributed by atoms with Crippen LogP contribution in [0.5, 0.6) is 0 Å². The summed E-state index contributed by atoms with van der Waals surface area (Å²) in [5.41, 5.74) is 1.10. The van der Waals surface area contributed by atoms with E-state index in [9.17, 15) is 4.79 Å². The first-order valence-corrected chi connectivity index (χ1v) is 26.9. The molecule has 2 N–H and O–H groups in total. The Labute approximate surface area is 434 Å². The third-order valence-electron chi connectivity index (χ3n) is 7.55. The zero-order valence-corrected chi connectivity index (χ0v) is 48.4. The number of hydrogen-bond donors (Lipinski definition) is 2. The molecule has 402 valence electrons. The number of oxime groups is 2. The van der Waals surface area contributed by atoms with Gasteiger partial charge in [0.15, 0.2) is 12.6 Å². The van der Waals surface area contributed by atoms with Crippen LogP contribution in [0, 0.1) is 41.9 Å². The van der Waals surface area contributed by atoms with Crippen LogP contribution in [0.2, 0.25) is 0 Å². The van der Waals surface area contributed by atoms with Crippen molar-refractivity contribution in [3.05, 3.63) is 50.6 Å². The molecule has 0 amide bonds. The number of ether oxygens (including phenoxy) is 8. The molecular formula is C52H95BrN2O12P2. The van der Waals surface area contributed by atoms with Crippen molar-refractivity contribution in [1.82, 2.24) is 0 Å². The minimum Gasteiger partial charge on any atom is -0.411 e. The summed E-state index contributed by atoms with van der Waals surface area (Å²) in [7, 11) is 4.67. The quantitative estimate of drug-likeness (QED) is 0.00971. The summed E-state index contributed by atoms with van der Waals surface area (Å²) in [5, 5.41) is 23.9. The Balaban J connectivity index is -0.000000130. The van der Waals surface area contributed by atoms with E-state index in [2.05, 4.69) is 107 Å². The second-order valence-corrected chi connectivity index (χ2v) is 14.3. The van der Waals surface area contributed by atoms with Crippen molar-refractivity contribution in [2.24, 2.45) is 16.2 Å². The number of hydrogen-bond acceptors (Lipinski definition) is 14. The molecule has 1 fully saturated rings. The average Bonchev–Trinajstić information content (AvgIpc) is 3.81. The maximum Gasteiger partial charge on any atom is 0.180 e. The summed E-state index contributed by atoms with van der Waals surface area (Å²) in [6.45, 7) is 42.2. The van der Waals surface area contributed by atoms with Crippen LogP contribution >= 0.6 is 33.8 Å². The van der Waals surface area contributed by atoms with E-state index >= 15 is 0 Å². The Morgan fingerprint density at radius 2 is 1.23 bits per heavy atom. The van der Waals surface area contributed by atoms with Gasteiger partial charge in [-0.05, 0) is 127 Å². The van der Waals surface area contributed by atoms with Crippen LogP contribution in [0.1, 0.15) is 115 Å². The molecule has 0 aromatic heterocycles. The SMILES string of the molecule is C#CC#CC.C=CC[C@H](C)O.C=CC[C@H](C)OC/C=N/O.C=CC[C@H](C)OCC(OCC)OCC.C=CC[C@H](C)OCC=O.CC#CC.CCOC(CBr)OCC.C[C@H]1C[C@H]2CON=C2CO1.PP. The van der Waals surface area contributed by atoms with Gasteiger partial charge in [-0.25, -0.2) is 0 Å². The smallest absolute Gasteiger partial charge is 0.180 e. The lowest BCUT2D eigenvalue weighted by Gasteiger charge is -2.22. The van der Waals surface area contributed by atoms with E-state index in [1.54, 1.807) is 32.1 Å². The molecule has 2 heterocycles. The highest BCUT2D eigenvalue weighted by Gasteiger charge is 2.30. The Hall–Kier alpha value is -2.77. The fourth-order valence-corrected chi connectivity index (χ4v) is 4.73. The molecular weight excluding hydrogens is 986 g/mol. The van der Waals surface area contributed by atoms with Crippen molar-refractivity contribution < 1.29 is 57.8 Å². The molecule has 1 saturated heterocycles. The van der Waals surface area contributed by atoms with Crippen molar-refractivity contribution in [3.63, 3.8) is 0 Å². The molecule has 0 bridgehead atoms. The van der Waals surface area contributed by atoms with Gasteiger partial charge in [0.05, 0.1) is 67.6 Å². The van der Waals surface area contributed by atoms with Gasteiger partial charge in [-0.2, -0.15) is 0 Å². The van der Waals surface area contributed by atoms with Crippen LogP contribution in [0.3, 0.4) is 0 Å². The predicted molar refractivity (Wildman–Crippen MR) is 299 cm³/mol. The summed E-state index contributed by atoms with van der Waals surface area (Å²) < 4.78 is 42.0. The molecule has 8 atom stereocenters. The van der Waals surface area contributed by atoms with Gasteiger partial charge in [-0.15, -0.1) is 62.4 Å². The van der Waals surface area contributed by atoms with Gasteiger partial charge in [-0.1, -0.05) is 56.5 Å². The summed E-state index contributed by atoms with van der Waals surface area (Å²) in [6, 6.07) is 0. The number of fused-ring (bicyclic) bond motifs is 1. The molecule has 2 aliphatic rings. The predicted octanol–water partition coefficient (Wildman–Crippen LogP) is 10.8. The van der Waals surface area contributed by atoms with Gasteiger partial charge in [0.2, 0.25) is 0 Å². The first kappa shape index (κ1) is 80.3. The van der Waals surface area contributed by atoms with Crippen LogP contribution in [-0.2, 0) is 47.5 Å². The van der Waals surface area contributed by atoms with Crippen molar-refractivity contribution in [2.75, 3.05) is 64.8 Å². The maximum atomic E-state index is 9.76. The largest absolute Gasteiger partial charge is 0.411 e. The molecule has 0 saturated carbocycles. The topological polar surface area (TPSA) is 165 Å². The second-order valence-electron chi connectivity index (χ2n) is 13.6. The van der Waals surface area contributed by atoms with Crippen molar-refractivity contribution in [3.8, 4) is 36.0 Å². The van der Waals surface area contributed by atoms with Gasteiger partial charge >= 0.3 is 0 Å². The summed E-state index contributed by atoms with van der Waals surface area (Å²) >= 11 is 3.27. The van der Waals surface area contributed by atoms with Crippen LogP contribution < -0.4 is 0 Å². The van der Waals surface area contributed by atoms with E-state index in [-0.39, 0.29) is 43.6 Å². The highest BCUT2D eigenvalue weighted by molar-refractivity contribution is 9.09. The number of aliphatic hydroxyl groups is 1. The molecule has 2 rings (SSSR count). The summed E-state index contributed by atoms with van der Waals surface area (Å²) in [4.78, 5) is 14.7. The molecule has 69 heavy (non-hydrogen) atoms. The summed E-state index contributed by atoms with van der Waals surface area (Å²) in [6.07, 6.45) is 18.4. The highest BCUT2D eigenvalue weighted by Crippen LogP contribution is 2.22. The normalized spacial score (nSPS) is 14.9. The van der Waals surface area contributed by atoms with E-state index in [1.165, 1.54) is 6.21 Å². The number of halogens is 1. The first-order valence-electron chi connectivity index (χ1n) is 23.1. The standard InChI is InChI=1S/C11H22O3.C7H11NO2.C7H13NO2.C7H12O2.C6H13BrO2.C5H10O.C5H4.C4H6.H4P2/c1-5-8-10(4)14-9-11(12-6-2)13-7-3;1-5-2-6-3-10-8-7(6)4-9-5;1-3-4-7(2)10-6-5-8-9;1-3-4-7(2)9-6-5-8;1-3-8-6(5-7)9-4-2;1-3-4-5(2)6;1-3-5-4-2;1-3-4-2;1-2/h5,10-11H,1,6-9H2,2-4H3;5-6H,2-4H2,1H3;3,5,7,9H,1,4,6H2,2H3;3,5,7H,1,4,6H2,2H3;6H,3-5H2,1-2H3;3,5-6H,1,4H2,2H3;1H,2H3;1-2H3;1-2H2/b;;8-5+;;;;;;/t10-;5-,6-;2*7-;;5-;;;/m0000.0.../s1. The maximum absolute atomic E-state index is 9.76. The lowest BCUT2D eigenvalue weighted by atomic mass is 9.96. The van der Waals surface area contributed by atoms with Crippen LogP contribution in [0.4, 0.5) is 0 Å². The molecule has 0 aromatic carbocycles. The Morgan fingerprint density at radius 1 is 0.783 bits per heavy atom. The molecule has 14 nitrogen and oxygen atoms in total. The van der Waals surface area contributed by atoms with Gasteiger partial charge in [0.25, 0.3) is 0 Å². The number of aliphatic hydroxyl groups excluding tert-OH is 1. The van der Waals surface area contributed by atoms with Gasteiger partial charge in [0, 0.05) is 32.3 Å². The lowest BCUT2D eigenvalue weighted by Crippen LogP contribution is -2.31.